The normalized spacial score (nSPS) is 14.0. The minimum absolute atomic E-state index is 0.0300. The average Bonchev–Trinajstić information content (AvgIpc) is 3.30. The third-order valence-corrected chi connectivity index (χ3v) is 3.90. The average molecular weight is 301 g/mol. The fourth-order valence-electron chi connectivity index (χ4n) is 2.34. The van der Waals surface area contributed by atoms with Crippen LogP contribution in [0, 0.1) is 6.92 Å². The molecule has 1 heterocycles. The molecule has 0 bridgehead atoms. The fourth-order valence-corrected chi connectivity index (χ4v) is 2.52. The predicted octanol–water partition coefficient (Wildman–Crippen LogP) is 3.85. The van der Waals surface area contributed by atoms with Gasteiger partial charge in [-0.25, -0.2) is 4.98 Å². The van der Waals surface area contributed by atoms with E-state index in [4.69, 9.17) is 11.6 Å². The quantitative estimate of drug-likeness (QED) is 0.804. The highest BCUT2D eigenvalue weighted by Crippen LogP contribution is 2.30. The summed E-state index contributed by atoms with van der Waals surface area (Å²) in [7, 11) is 0. The van der Waals surface area contributed by atoms with Crippen LogP contribution in [0.25, 0.3) is 0 Å². The highest BCUT2D eigenvalue weighted by molar-refractivity contribution is 6.29. The summed E-state index contributed by atoms with van der Waals surface area (Å²) >= 11 is 5.88. The van der Waals surface area contributed by atoms with Crippen LogP contribution in [0.1, 0.15) is 34.3 Å². The molecule has 1 aliphatic carbocycles. The lowest BCUT2D eigenvalue weighted by Crippen LogP contribution is -2.32. The van der Waals surface area contributed by atoms with Gasteiger partial charge >= 0.3 is 0 Å². The van der Waals surface area contributed by atoms with E-state index in [-0.39, 0.29) is 5.91 Å². The number of halogens is 1. The molecule has 21 heavy (non-hydrogen) atoms. The molecule has 0 atom stereocenters. The molecule has 0 aliphatic heterocycles. The van der Waals surface area contributed by atoms with Crippen molar-refractivity contribution in [1.29, 1.82) is 0 Å². The Balaban J connectivity index is 1.81. The summed E-state index contributed by atoms with van der Waals surface area (Å²) in [6, 6.07) is 12.0. The third-order valence-electron chi connectivity index (χ3n) is 3.70. The summed E-state index contributed by atoms with van der Waals surface area (Å²) in [4.78, 5) is 18.6. The van der Waals surface area contributed by atoms with E-state index in [0.29, 0.717) is 23.3 Å². The summed E-state index contributed by atoms with van der Waals surface area (Å²) < 4.78 is 0. The number of carbonyl (C=O) groups is 1. The van der Waals surface area contributed by atoms with E-state index in [2.05, 4.69) is 36.2 Å². The van der Waals surface area contributed by atoms with Crippen LogP contribution in [0.4, 0.5) is 0 Å². The summed E-state index contributed by atoms with van der Waals surface area (Å²) in [6.45, 7) is 2.70. The molecule has 1 fully saturated rings. The van der Waals surface area contributed by atoms with Gasteiger partial charge < -0.3 is 4.90 Å². The Kier molecular flexibility index (Phi) is 3.93. The third kappa shape index (κ3) is 3.42. The Morgan fingerprint density at radius 3 is 2.62 bits per heavy atom. The molecule has 0 radical (unpaired) electrons. The van der Waals surface area contributed by atoms with Crippen LogP contribution < -0.4 is 0 Å². The lowest BCUT2D eigenvalue weighted by Gasteiger charge is -2.22. The van der Waals surface area contributed by atoms with Gasteiger partial charge in [0.15, 0.2) is 0 Å². The molecule has 1 aliphatic rings. The van der Waals surface area contributed by atoms with Crippen molar-refractivity contribution >= 4 is 17.5 Å². The van der Waals surface area contributed by atoms with Gasteiger partial charge in [0.2, 0.25) is 0 Å². The molecule has 0 N–H and O–H groups in total. The maximum atomic E-state index is 12.7. The smallest absolute Gasteiger partial charge is 0.254 e. The predicted molar refractivity (Wildman–Crippen MR) is 83.3 cm³/mol. The molecule has 108 valence electrons. The summed E-state index contributed by atoms with van der Waals surface area (Å²) in [5.41, 5.74) is 2.99. The van der Waals surface area contributed by atoms with Crippen molar-refractivity contribution in [3.05, 3.63) is 64.4 Å². The van der Waals surface area contributed by atoms with Gasteiger partial charge in [-0.3, -0.25) is 4.79 Å². The Morgan fingerprint density at radius 2 is 2.00 bits per heavy atom. The fraction of sp³-hybridized carbons (Fsp3) is 0.294. The molecule has 1 aromatic heterocycles. The van der Waals surface area contributed by atoms with E-state index in [9.17, 15) is 4.79 Å². The van der Waals surface area contributed by atoms with Crippen molar-refractivity contribution in [1.82, 2.24) is 9.88 Å². The van der Waals surface area contributed by atoms with Crippen LogP contribution in [0.15, 0.2) is 42.6 Å². The first-order valence-corrected chi connectivity index (χ1v) is 7.49. The molecule has 3 nitrogen and oxygen atoms in total. The second kappa shape index (κ2) is 5.86. The number of aryl methyl sites for hydroxylation is 1. The van der Waals surface area contributed by atoms with Gasteiger partial charge in [-0.15, -0.1) is 0 Å². The Morgan fingerprint density at radius 1 is 1.29 bits per heavy atom. The Bertz CT molecular complexity index is 650. The van der Waals surface area contributed by atoms with Crippen LogP contribution in [-0.2, 0) is 6.54 Å². The molecular weight excluding hydrogens is 284 g/mol. The molecule has 0 unspecified atom stereocenters. The van der Waals surface area contributed by atoms with Crippen molar-refractivity contribution in [2.45, 2.75) is 32.4 Å². The highest BCUT2D eigenvalue weighted by Gasteiger charge is 2.33. The van der Waals surface area contributed by atoms with Crippen LogP contribution in [0.3, 0.4) is 0 Å². The highest BCUT2D eigenvalue weighted by atomic mass is 35.5. The van der Waals surface area contributed by atoms with Gasteiger partial charge in [-0.1, -0.05) is 41.4 Å². The number of amides is 1. The van der Waals surface area contributed by atoms with E-state index < -0.39 is 0 Å². The first-order chi connectivity index (χ1) is 10.1. The molecule has 1 aromatic carbocycles. The van der Waals surface area contributed by atoms with Gasteiger partial charge in [-0.2, -0.15) is 0 Å². The largest absolute Gasteiger partial charge is 0.331 e. The second-order valence-corrected chi connectivity index (χ2v) is 5.90. The van der Waals surface area contributed by atoms with Gasteiger partial charge in [-0.05, 0) is 37.5 Å². The number of aromatic nitrogens is 1. The van der Waals surface area contributed by atoms with Crippen molar-refractivity contribution in [2.75, 3.05) is 0 Å². The lowest BCUT2D eigenvalue weighted by molar-refractivity contribution is 0.0730. The standard InChI is InChI=1S/C17H17ClN2O/c1-12-2-4-13(5-3-12)11-20(15-6-7-15)17(21)14-8-9-19-16(18)10-14/h2-5,8-10,15H,6-7,11H2,1H3. The maximum Gasteiger partial charge on any atom is 0.254 e. The summed E-state index contributed by atoms with van der Waals surface area (Å²) in [5.74, 6) is 0.0300. The molecule has 0 spiro atoms. The number of nitrogens with zero attached hydrogens (tertiary/aromatic N) is 2. The maximum absolute atomic E-state index is 12.7. The number of hydrogen-bond acceptors (Lipinski definition) is 2. The number of benzene rings is 1. The van der Waals surface area contributed by atoms with E-state index >= 15 is 0 Å². The number of pyridine rings is 1. The second-order valence-electron chi connectivity index (χ2n) is 5.52. The first kappa shape index (κ1) is 14.1. The topological polar surface area (TPSA) is 33.2 Å². The molecule has 0 saturated heterocycles. The molecule has 4 heteroatoms. The molecule has 1 saturated carbocycles. The molecular formula is C17H17ClN2O. The van der Waals surface area contributed by atoms with Crippen molar-refractivity contribution in [2.24, 2.45) is 0 Å². The van der Waals surface area contributed by atoms with Crippen LogP contribution in [0.5, 0.6) is 0 Å². The Labute approximate surface area is 129 Å². The lowest BCUT2D eigenvalue weighted by atomic mass is 10.1. The van der Waals surface area contributed by atoms with Crippen LogP contribution in [0.2, 0.25) is 5.15 Å². The molecule has 1 amide bonds. The minimum Gasteiger partial charge on any atom is -0.331 e. The van der Waals surface area contributed by atoms with E-state index in [1.807, 2.05) is 4.90 Å². The van der Waals surface area contributed by atoms with Gasteiger partial charge in [0.05, 0.1) is 0 Å². The monoisotopic (exact) mass is 300 g/mol. The van der Waals surface area contributed by atoms with Crippen LogP contribution in [-0.4, -0.2) is 21.8 Å². The molecule has 3 rings (SSSR count). The summed E-state index contributed by atoms with van der Waals surface area (Å²) in [5, 5.41) is 0.354. The summed E-state index contributed by atoms with van der Waals surface area (Å²) in [6.07, 6.45) is 3.74. The Hall–Kier alpha value is -1.87. The van der Waals surface area contributed by atoms with Crippen LogP contribution >= 0.6 is 11.6 Å². The van der Waals surface area contributed by atoms with E-state index in [0.717, 1.165) is 18.4 Å². The zero-order valence-corrected chi connectivity index (χ0v) is 12.7. The first-order valence-electron chi connectivity index (χ1n) is 7.11. The minimum atomic E-state index is 0.0300. The number of carbonyl (C=O) groups excluding carboxylic acids is 1. The number of hydrogen-bond donors (Lipinski definition) is 0. The van der Waals surface area contributed by atoms with Gasteiger partial charge in [0, 0.05) is 24.3 Å². The zero-order chi connectivity index (χ0) is 14.8. The van der Waals surface area contributed by atoms with Crippen molar-refractivity contribution in [3.63, 3.8) is 0 Å². The van der Waals surface area contributed by atoms with E-state index in [1.54, 1.807) is 18.3 Å². The van der Waals surface area contributed by atoms with E-state index in [1.165, 1.54) is 5.56 Å². The van der Waals surface area contributed by atoms with Gasteiger partial charge in [0.1, 0.15) is 5.15 Å². The molecule has 2 aromatic rings. The van der Waals surface area contributed by atoms with Gasteiger partial charge in [0.25, 0.3) is 5.91 Å². The zero-order valence-electron chi connectivity index (χ0n) is 11.9. The van der Waals surface area contributed by atoms with Crippen molar-refractivity contribution in [3.8, 4) is 0 Å². The SMILES string of the molecule is Cc1ccc(CN(C(=O)c2ccnc(Cl)c2)C2CC2)cc1. The number of rotatable bonds is 4. The van der Waals surface area contributed by atoms with Crippen molar-refractivity contribution < 1.29 is 4.79 Å².